The average Bonchev–Trinajstić information content (AvgIpc) is 3.26. The lowest BCUT2D eigenvalue weighted by atomic mass is 10.0. The van der Waals surface area contributed by atoms with Crippen molar-refractivity contribution in [1.82, 2.24) is 10.1 Å². The third-order valence-electron chi connectivity index (χ3n) is 6.16. The molecule has 0 N–H and O–H groups in total. The maximum atomic E-state index is 13.5. The summed E-state index contributed by atoms with van der Waals surface area (Å²) in [6, 6.07) is 13.8. The van der Waals surface area contributed by atoms with Crippen LogP contribution in [0.2, 0.25) is 0 Å². The van der Waals surface area contributed by atoms with Gasteiger partial charge in [-0.05, 0) is 50.6 Å². The molecule has 1 fully saturated rings. The van der Waals surface area contributed by atoms with Crippen LogP contribution >= 0.6 is 0 Å². The third kappa shape index (κ3) is 5.09. The lowest BCUT2D eigenvalue weighted by molar-refractivity contribution is 0.0671. The summed E-state index contributed by atoms with van der Waals surface area (Å²) in [5.41, 5.74) is 4.14. The van der Waals surface area contributed by atoms with E-state index in [2.05, 4.69) is 16.1 Å². The van der Waals surface area contributed by atoms with Crippen molar-refractivity contribution in [2.75, 3.05) is 31.2 Å². The summed E-state index contributed by atoms with van der Waals surface area (Å²) in [5, 5.41) is 4.44. The van der Waals surface area contributed by atoms with Gasteiger partial charge in [-0.15, -0.1) is 0 Å². The van der Waals surface area contributed by atoms with E-state index in [1.54, 1.807) is 0 Å². The molecule has 2 heterocycles. The van der Waals surface area contributed by atoms with E-state index >= 15 is 0 Å². The van der Waals surface area contributed by atoms with Gasteiger partial charge in [-0.25, -0.2) is 4.39 Å². The topological polar surface area (TPSA) is 58.8 Å². The van der Waals surface area contributed by atoms with Gasteiger partial charge in [-0.1, -0.05) is 35.8 Å². The van der Waals surface area contributed by atoms with Crippen LogP contribution in [0.5, 0.6) is 0 Å². The number of morpholine rings is 1. The maximum Gasteiger partial charge on any atom is 0.254 e. The largest absolute Gasteiger partial charge is 0.378 e. The minimum absolute atomic E-state index is 0.0275. The highest BCUT2D eigenvalue weighted by atomic mass is 19.1. The zero-order valence-corrected chi connectivity index (χ0v) is 19.4. The van der Waals surface area contributed by atoms with Crippen LogP contribution in [0.4, 0.5) is 10.3 Å². The van der Waals surface area contributed by atoms with Crippen molar-refractivity contribution in [2.24, 2.45) is 0 Å². The maximum absolute atomic E-state index is 13.5. The lowest BCUT2D eigenvalue weighted by Gasteiger charge is -2.31. The standard InChI is InChI=1S/C26H30FN3O3/c1-4-19(3)30(25(31)20-8-10-22(27)11-9-20)17-23-24(21-7-5-6-18(2)16-21)28-33-26(23)29-12-14-32-15-13-29/h5-11,16,19H,4,12-15,17H2,1-3H3. The Morgan fingerprint density at radius 1 is 1.18 bits per heavy atom. The molecule has 1 unspecified atom stereocenters. The molecule has 0 radical (unpaired) electrons. The Kier molecular flexibility index (Phi) is 7.08. The second-order valence-electron chi connectivity index (χ2n) is 8.48. The first-order valence-electron chi connectivity index (χ1n) is 11.4. The first-order valence-corrected chi connectivity index (χ1v) is 11.4. The van der Waals surface area contributed by atoms with Crippen LogP contribution in [0.3, 0.4) is 0 Å². The molecule has 0 spiro atoms. The molecular weight excluding hydrogens is 421 g/mol. The van der Waals surface area contributed by atoms with Gasteiger partial charge < -0.3 is 19.1 Å². The number of carbonyl (C=O) groups is 1. The second kappa shape index (κ2) is 10.2. The first-order chi connectivity index (χ1) is 16.0. The molecule has 174 valence electrons. The van der Waals surface area contributed by atoms with Crippen molar-refractivity contribution in [2.45, 2.75) is 39.8 Å². The van der Waals surface area contributed by atoms with Gasteiger partial charge in [-0.3, -0.25) is 4.79 Å². The fraction of sp³-hybridized carbons (Fsp3) is 0.385. The SMILES string of the molecule is CCC(C)N(Cc1c(-c2cccc(C)c2)noc1N1CCOCC1)C(=O)c1ccc(F)cc1. The van der Waals surface area contributed by atoms with Crippen molar-refractivity contribution in [3.63, 3.8) is 0 Å². The van der Waals surface area contributed by atoms with Gasteiger partial charge in [0.05, 0.1) is 25.3 Å². The summed E-state index contributed by atoms with van der Waals surface area (Å²) >= 11 is 0. The minimum atomic E-state index is -0.364. The van der Waals surface area contributed by atoms with Crippen molar-refractivity contribution in [3.05, 3.63) is 71.0 Å². The van der Waals surface area contributed by atoms with Crippen LogP contribution in [0.15, 0.2) is 53.1 Å². The van der Waals surface area contributed by atoms with E-state index in [4.69, 9.17) is 9.26 Å². The van der Waals surface area contributed by atoms with Crippen LogP contribution in [-0.2, 0) is 11.3 Å². The van der Waals surface area contributed by atoms with Crippen LogP contribution in [0, 0.1) is 12.7 Å². The molecular formula is C26H30FN3O3. The Morgan fingerprint density at radius 3 is 2.58 bits per heavy atom. The molecule has 0 saturated carbocycles. The number of anilines is 1. The van der Waals surface area contributed by atoms with Gasteiger partial charge in [0, 0.05) is 30.3 Å². The van der Waals surface area contributed by atoms with Crippen molar-refractivity contribution >= 4 is 11.8 Å². The predicted molar refractivity (Wildman–Crippen MR) is 126 cm³/mol. The van der Waals surface area contributed by atoms with E-state index in [1.807, 2.05) is 43.9 Å². The van der Waals surface area contributed by atoms with Gasteiger partial charge in [-0.2, -0.15) is 0 Å². The molecule has 1 amide bonds. The predicted octanol–water partition coefficient (Wildman–Crippen LogP) is 5.07. The van der Waals surface area contributed by atoms with Crippen molar-refractivity contribution in [3.8, 4) is 11.3 Å². The Labute approximate surface area is 193 Å². The van der Waals surface area contributed by atoms with Crippen molar-refractivity contribution in [1.29, 1.82) is 0 Å². The highest BCUT2D eigenvalue weighted by Crippen LogP contribution is 2.34. The second-order valence-corrected chi connectivity index (χ2v) is 8.48. The minimum Gasteiger partial charge on any atom is -0.378 e. The van der Waals surface area contributed by atoms with Gasteiger partial charge in [0.25, 0.3) is 5.91 Å². The Morgan fingerprint density at radius 2 is 1.91 bits per heavy atom. The number of benzene rings is 2. The number of hydrogen-bond acceptors (Lipinski definition) is 5. The highest BCUT2D eigenvalue weighted by molar-refractivity contribution is 5.94. The zero-order chi connectivity index (χ0) is 23.4. The summed E-state index contributed by atoms with van der Waals surface area (Å²) in [5.74, 6) is 0.167. The van der Waals surface area contributed by atoms with Gasteiger partial charge >= 0.3 is 0 Å². The number of aromatic nitrogens is 1. The fourth-order valence-electron chi connectivity index (χ4n) is 4.05. The molecule has 1 aliphatic heterocycles. The van der Waals surface area contributed by atoms with E-state index in [0.717, 1.165) is 28.8 Å². The van der Waals surface area contributed by atoms with Crippen LogP contribution < -0.4 is 4.90 Å². The summed E-state index contributed by atoms with van der Waals surface area (Å²) in [4.78, 5) is 17.4. The van der Waals surface area contributed by atoms with Gasteiger partial charge in [0.2, 0.25) is 5.88 Å². The summed E-state index contributed by atoms with van der Waals surface area (Å²) in [6.45, 7) is 9.08. The molecule has 4 rings (SSSR count). The molecule has 3 aromatic rings. The van der Waals surface area contributed by atoms with Gasteiger partial charge in [0.1, 0.15) is 11.5 Å². The number of rotatable bonds is 7. The monoisotopic (exact) mass is 451 g/mol. The summed E-state index contributed by atoms with van der Waals surface area (Å²) in [6.07, 6.45) is 0.783. The number of halogens is 1. The molecule has 7 heteroatoms. The van der Waals surface area contributed by atoms with Gasteiger partial charge in [0.15, 0.2) is 0 Å². The summed E-state index contributed by atoms with van der Waals surface area (Å²) < 4.78 is 24.8. The van der Waals surface area contributed by atoms with Crippen LogP contribution in [0.25, 0.3) is 11.3 Å². The Bertz CT molecular complexity index is 1090. The lowest BCUT2D eigenvalue weighted by Crippen LogP contribution is -2.39. The van der Waals surface area contributed by atoms with E-state index in [9.17, 15) is 9.18 Å². The molecule has 6 nitrogen and oxygen atoms in total. The molecule has 1 saturated heterocycles. The number of carbonyl (C=O) groups excluding carboxylic acids is 1. The van der Waals surface area contributed by atoms with Crippen molar-refractivity contribution < 1.29 is 18.4 Å². The first kappa shape index (κ1) is 23.0. The van der Waals surface area contributed by atoms with E-state index in [0.29, 0.717) is 44.3 Å². The smallest absolute Gasteiger partial charge is 0.254 e. The summed E-state index contributed by atoms with van der Waals surface area (Å²) in [7, 11) is 0. The van der Waals surface area contributed by atoms with Crippen LogP contribution in [0.1, 0.15) is 41.8 Å². The molecule has 0 aliphatic carbocycles. The number of nitrogens with zero attached hydrogens (tertiary/aromatic N) is 3. The van der Waals surface area contributed by atoms with Crippen LogP contribution in [-0.4, -0.2) is 48.3 Å². The highest BCUT2D eigenvalue weighted by Gasteiger charge is 2.29. The fourth-order valence-corrected chi connectivity index (χ4v) is 4.05. The molecule has 1 atom stereocenters. The Hall–Kier alpha value is -3.19. The molecule has 1 aliphatic rings. The zero-order valence-electron chi connectivity index (χ0n) is 19.4. The quantitative estimate of drug-likeness (QED) is 0.502. The number of amides is 1. The molecule has 1 aromatic heterocycles. The van der Waals surface area contributed by atoms with E-state index in [-0.39, 0.29) is 17.8 Å². The molecule has 33 heavy (non-hydrogen) atoms. The van der Waals surface area contributed by atoms with E-state index < -0.39 is 0 Å². The molecule has 0 bridgehead atoms. The number of aryl methyl sites for hydroxylation is 1. The molecule has 2 aromatic carbocycles. The Balaban J connectivity index is 1.75. The average molecular weight is 452 g/mol. The van der Waals surface area contributed by atoms with E-state index in [1.165, 1.54) is 24.3 Å². The third-order valence-corrected chi connectivity index (χ3v) is 6.16. The normalized spacial score (nSPS) is 14.8. The number of hydrogen-bond donors (Lipinski definition) is 0. The number of ether oxygens (including phenoxy) is 1.